The number of alkyl halides is 1. The van der Waals surface area contributed by atoms with Crippen molar-refractivity contribution in [2.24, 2.45) is 5.92 Å². The lowest BCUT2D eigenvalue weighted by atomic mass is 9.78. The molecular weight excluding hydrogens is 209 g/mol. The van der Waals surface area contributed by atoms with Crippen molar-refractivity contribution in [2.75, 3.05) is 6.54 Å². The van der Waals surface area contributed by atoms with Gasteiger partial charge in [-0.1, -0.05) is 0 Å². The number of hydrogen-bond donors (Lipinski definition) is 0. The third-order valence-corrected chi connectivity index (χ3v) is 3.41. The first-order valence-electron chi connectivity index (χ1n) is 6.00. The van der Waals surface area contributed by atoms with Crippen molar-refractivity contribution >= 4 is 6.09 Å². The minimum atomic E-state index is -1.45. The summed E-state index contributed by atoms with van der Waals surface area (Å²) in [7, 11) is 0. The maximum absolute atomic E-state index is 14.5. The number of carbonyl (C=O) groups excluding carboxylic acids is 1. The monoisotopic (exact) mass is 229 g/mol. The second-order valence-electron chi connectivity index (χ2n) is 5.95. The number of piperidine rings is 2. The topological polar surface area (TPSA) is 29.5 Å². The van der Waals surface area contributed by atoms with Crippen molar-refractivity contribution in [1.82, 2.24) is 4.90 Å². The molecule has 0 unspecified atom stereocenters. The molecule has 3 nitrogen and oxygen atoms in total. The highest BCUT2D eigenvalue weighted by Gasteiger charge is 2.50. The predicted octanol–water partition coefficient (Wildman–Crippen LogP) is 3.09. The van der Waals surface area contributed by atoms with E-state index < -0.39 is 17.5 Å². The van der Waals surface area contributed by atoms with Crippen LogP contribution in [0.2, 0.25) is 0 Å². The Labute approximate surface area is 95.9 Å². The Morgan fingerprint density at radius 1 is 1.38 bits per heavy atom. The number of amides is 1. The van der Waals surface area contributed by atoms with E-state index in [-0.39, 0.29) is 0 Å². The van der Waals surface area contributed by atoms with Crippen LogP contribution in [-0.2, 0) is 4.74 Å². The fraction of sp³-hybridized carbons (Fsp3) is 0.917. The minimum absolute atomic E-state index is 0.463. The molecule has 0 radical (unpaired) electrons. The highest BCUT2D eigenvalue weighted by molar-refractivity contribution is 5.69. The Bertz CT molecular complexity index is 290. The van der Waals surface area contributed by atoms with Gasteiger partial charge in [-0.15, -0.1) is 0 Å². The van der Waals surface area contributed by atoms with Gasteiger partial charge in [0.25, 0.3) is 0 Å². The summed E-state index contributed by atoms with van der Waals surface area (Å²) in [5, 5.41) is 0. The zero-order valence-electron chi connectivity index (χ0n) is 10.3. The minimum Gasteiger partial charge on any atom is -0.444 e. The third kappa shape index (κ3) is 2.15. The van der Waals surface area contributed by atoms with E-state index in [1.807, 2.05) is 0 Å². The van der Waals surface area contributed by atoms with Crippen LogP contribution in [0.4, 0.5) is 9.18 Å². The Kier molecular flexibility index (Phi) is 2.63. The number of carbonyl (C=O) groups is 1. The number of fused-ring (bicyclic) bond motifs is 3. The second-order valence-corrected chi connectivity index (χ2v) is 5.95. The van der Waals surface area contributed by atoms with Gasteiger partial charge < -0.3 is 4.74 Å². The molecule has 0 atom stereocenters. The van der Waals surface area contributed by atoms with Crippen molar-refractivity contribution in [3.8, 4) is 0 Å². The zero-order chi connectivity index (χ0) is 12.0. The van der Waals surface area contributed by atoms with Gasteiger partial charge in [-0.25, -0.2) is 9.18 Å². The molecule has 0 N–H and O–H groups in total. The zero-order valence-corrected chi connectivity index (χ0v) is 10.3. The van der Waals surface area contributed by atoms with Gasteiger partial charge in [0.05, 0.1) is 0 Å². The summed E-state index contributed by atoms with van der Waals surface area (Å²) in [5.74, 6) is -0.984. The number of ether oxygens (including phenoxy) is 1. The van der Waals surface area contributed by atoms with E-state index in [9.17, 15) is 9.18 Å². The van der Waals surface area contributed by atoms with E-state index in [0.29, 0.717) is 25.3 Å². The maximum Gasteiger partial charge on any atom is 0.412 e. The van der Waals surface area contributed by atoms with Crippen molar-refractivity contribution in [3.05, 3.63) is 0 Å². The van der Waals surface area contributed by atoms with Gasteiger partial charge in [-0.05, 0) is 39.5 Å². The second kappa shape index (κ2) is 3.60. The van der Waals surface area contributed by atoms with Crippen LogP contribution in [0.3, 0.4) is 0 Å². The van der Waals surface area contributed by atoms with E-state index in [2.05, 4.69) is 0 Å². The van der Waals surface area contributed by atoms with Crippen LogP contribution >= 0.6 is 0 Å². The third-order valence-electron chi connectivity index (χ3n) is 3.41. The lowest BCUT2D eigenvalue weighted by Gasteiger charge is -2.49. The average Bonchev–Trinajstić information content (AvgIpc) is 2.15. The largest absolute Gasteiger partial charge is 0.444 e. The molecule has 1 aliphatic carbocycles. The first-order valence-corrected chi connectivity index (χ1v) is 6.00. The normalized spacial score (nSPS) is 34.0. The average molecular weight is 229 g/mol. The number of nitrogens with zero attached hydrogens (tertiary/aromatic N) is 1. The Morgan fingerprint density at radius 2 is 1.94 bits per heavy atom. The Hall–Kier alpha value is -0.800. The summed E-state index contributed by atoms with van der Waals surface area (Å²) >= 11 is 0. The van der Waals surface area contributed by atoms with Gasteiger partial charge in [0.1, 0.15) is 5.60 Å². The molecule has 2 bridgehead atoms. The van der Waals surface area contributed by atoms with Crippen molar-refractivity contribution in [2.45, 2.75) is 57.8 Å². The number of rotatable bonds is 0. The summed E-state index contributed by atoms with van der Waals surface area (Å²) in [4.78, 5) is 13.2. The molecule has 0 spiro atoms. The number of halogens is 1. The summed E-state index contributed by atoms with van der Waals surface area (Å²) in [6.45, 7) is 5.93. The molecule has 0 aromatic heterocycles. The van der Waals surface area contributed by atoms with Crippen LogP contribution in [0, 0.1) is 5.92 Å². The maximum atomic E-state index is 14.5. The van der Waals surface area contributed by atoms with E-state index in [1.165, 1.54) is 4.90 Å². The smallest absolute Gasteiger partial charge is 0.412 e. The molecular formula is C12H20FNO2. The van der Waals surface area contributed by atoms with Crippen LogP contribution in [-0.4, -0.2) is 28.9 Å². The van der Waals surface area contributed by atoms with Crippen molar-refractivity contribution < 1.29 is 13.9 Å². The van der Waals surface area contributed by atoms with Gasteiger partial charge in [-0.2, -0.15) is 0 Å². The van der Waals surface area contributed by atoms with Crippen molar-refractivity contribution in [1.29, 1.82) is 0 Å². The van der Waals surface area contributed by atoms with Gasteiger partial charge >= 0.3 is 6.09 Å². The quantitative estimate of drug-likeness (QED) is 0.597. The van der Waals surface area contributed by atoms with Gasteiger partial charge in [0.2, 0.25) is 0 Å². The molecule has 2 heterocycles. The van der Waals surface area contributed by atoms with Gasteiger partial charge in [-0.3, -0.25) is 4.90 Å². The first-order chi connectivity index (χ1) is 7.30. The molecule has 2 saturated heterocycles. The molecule has 3 aliphatic rings. The molecule has 3 rings (SSSR count). The van der Waals surface area contributed by atoms with E-state index in [0.717, 1.165) is 12.8 Å². The highest BCUT2D eigenvalue weighted by atomic mass is 19.1. The van der Waals surface area contributed by atoms with E-state index >= 15 is 0 Å². The molecule has 1 amide bonds. The molecule has 3 fully saturated rings. The Morgan fingerprint density at radius 3 is 2.38 bits per heavy atom. The highest BCUT2D eigenvalue weighted by Crippen LogP contribution is 2.44. The lowest BCUT2D eigenvalue weighted by molar-refractivity contribution is -0.118. The van der Waals surface area contributed by atoms with Crippen LogP contribution in [0.5, 0.6) is 0 Å². The molecule has 1 saturated carbocycles. The van der Waals surface area contributed by atoms with Crippen LogP contribution in [0.1, 0.15) is 46.5 Å². The fourth-order valence-electron chi connectivity index (χ4n) is 2.55. The molecule has 0 aromatic rings. The van der Waals surface area contributed by atoms with Crippen LogP contribution in [0.25, 0.3) is 0 Å². The standard InChI is InChI=1S/C12H20FNO2/c1-11(2,3)16-10(15)14-8-9-4-6-12(14,13)7-5-9/h9H,4-8H2,1-3H3. The van der Waals surface area contributed by atoms with Crippen LogP contribution in [0.15, 0.2) is 0 Å². The lowest BCUT2D eigenvalue weighted by Crippen LogP contribution is -2.58. The summed E-state index contributed by atoms with van der Waals surface area (Å²) in [6.07, 6.45) is 2.23. The number of hydrogen-bond acceptors (Lipinski definition) is 2. The molecule has 16 heavy (non-hydrogen) atoms. The Balaban J connectivity index is 2.07. The molecule has 92 valence electrons. The molecule has 2 aliphatic heterocycles. The van der Waals surface area contributed by atoms with E-state index in [4.69, 9.17) is 4.74 Å². The molecule has 4 heteroatoms. The summed E-state index contributed by atoms with van der Waals surface area (Å²) in [5.41, 5.74) is -0.551. The van der Waals surface area contributed by atoms with Gasteiger partial charge in [0, 0.05) is 19.4 Å². The van der Waals surface area contributed by atoms with Gasteiger partial charge in [0.15, 0.2) is 5.79 Å². The molecule has 0 aromatic carbocycles. The predicted molar refractivity (Wildman–Crippen MR) is 58.7 cm³/mol. The van der Waals surface area contributed by atoms with Crippen LogP contribution < -0.4 is 0 Å². The summed E-state index contributed by atoms with van der Waals surface area (Å²) < 4.78 is 19.7. The van der Waals surface area contributed by atoms with Crippen molar-refractivity contribution in [3.63, 3.8) is 0 Å². The first kappa shape index (κ1) is 11.7. The fourth-order valence-corrected chi connectivity index (χ4v) is 2.55. The summed E-state index contributed by atoms with van der Waals surface area (Å²) in [6, 6.07) is 0. The van der Waals surface area contributed by atoms with E-state index in [1.54, 1.807) is 20.8 Å². The SMILES string of the molecule is CC(C)(C)OC(=O)N1CC2CCC1(F)CC2.